The van der Waals surface area contributed by atoms with Crippen LogP contribution < -0.4 is 10.5 Å². The molecule has 4 aromatic rings. The molecule has 1 aliphatic heterocycles. The van der Waals surface area contributed by atoms with E-state index in [4.69, 9.17) is 10.5 Å². The van der Waals surface area contributed by atoms with Gasteiger partial charge in [-0.2, -0.15) is 5.10 Å². The van der Waals surface area contributed by atoms with Gasteiger partial charge in [-0.25, -0.2) is 28.4 Å². The number of likely N-dealkylation sites (tertiary alicyclic amines) is 1. The highest BCUT2D eigenvalue weighted by Crippen LogP contribution is 2.48. The zero-order valence-electron chi connectivity index (χ0n) is 21.7. The lowest BCUT2D eigenvalue weighted by Crippen LogP contribution is -2.33. The molecule has 2 fully saturated rings. The zero-order valence-corrected chi connectivity index (χ0v) is 21.7. The lowest BCUT2D eigenvalue weighted by molar-refractivity contribution is 0.0751. The van der Waals surface area contributed by atoms with Gasteiger partial charge in [0.1, 0.15) is 6.10 Å². The maximum absolute atomic E-state index is 13.9. The normalized spacial score (nSPS) is 20.2. The summed E-state index contributed by atoms with van der Waals surface area (Å²) in [7, 11) is 0. The molecule has 0 spiro atoms. The van der Waals surface area contributed by atoms with E-state index in [0.29, 0.717) is 47.4 Å². The van der Waals surface area contributed by atoms with E-state index < -0.39 is 17.2 Å². The Balaban J connectivity index is 1.17. The highest BCUT2D eigenvalue weighted by atomic mass is 19.2. The van der Waals surface area contributed by atoms with Gasteiger partial charge in [0, 0.05) is 60.7 Å². The van der Waals surface area contributed by atoms with Crippen LogP contribution in [0.15, 0.2) is 55.0 Å². The minimum atomic E-state index is -0.951. The number of amides is 1. The van der Waals surface area contributed by atoms with Crippen LogP contribution in [0.4, 0.5) is 8.78 Å². The first-order valence-electron chi connectivity index (χ1n) is 12.6. The number of carbonyl (C=O) groups is 1. The van der Waals surface area contributed by atoms with Gasteiger partial charge in [-0.3, -0.25) is 4.79 Å². The number of halogens is 2. The minimum absolute atomic E-state index is 0.0914. The Kier molecular flexibility index (Phi) is 5.91. The molecule has 200 valence electrons. The summed E-state index contributed by atoms with van der Waals surface area (Å²) >= 11 is 0. The van der Waals surface area contributed by atoms with Gasteiger partial charge >= 0.3 is 0 Å². The number of aromatic nitrogens is 5. The second-order valence-corrected chi connectivity index (χ2v) is 10.7. The predicted octanol–water partition coefficient (Wildman–Crippen LogP) is 3.65. The molecule has 9 nitrogen and oxygen atoms in total. The SMILES string of the molecule is Cc1nn(-c2ncccn2)cc1C(=O)N1C[C@@H]2C(Oc3cc(C(C)(C)N)cc(-c4ccc(F)c(F)c4)n3)[C@@H]2C1. The molecule has 1 amide bonds. The van der Waals surface area contributed by atoms with E-state index in [1.165, 1.54) is 10.7 Å². The number of piperidine rings is 1. The quantitative estimate of drug-likeness (QED) is 0.404. The number of rotatable bonds is 6. The second-order valence-electron chi connectivity index (χ2n) is 10.7. The molecule has 0 radical (unpaired) electrons. The number of nitrogens with two attached hydrogens (primary N) is 1. The summed E-state index contributed by atoms with van der Waals surface area (Å²) in [5.41, 5.74) is 8.38. The molecule has 1 saturated heterocycles. The first-order valence-corrected chi connectivity index (χ1v) is 12.6. The van der Waals surface area contributed by atoms with E-state index in [1.54, 1.807) is 43.7 Å². The highest BCUT2D eigenvalue weighted by molar-refractivity contribution is 5.95. The molecular weight excluding hydrogens is 504 g/mol. The van der Waals surface area contributed by atoms with Gasteiger partial charge in [0.05, 0.1) is 17.0 Å². The van der Waals surface area contributed by atoms with Crippen LogP contribution in [-0.4, -0.2) is 54.7 Å². The van der Waals surface area contributed by atoms with Crippen LogP contribution in [0.2, 0.25) is 0 Å². The Labute approximate surface area is 223 Å². The fraction of sp³-hybridized carbons (Fsp3) is 0.321. The Morgan fingerprint density at radius 1 is 1.08 bits per heavy atom. The van der Waals surface area contributed by atoms with Gasteiger partial charge in [-0.15, -0.1) is 0 Å². The molecule has 4 heterocycles. The number of hydrogen-bond donors (Lipinski definition) is 1. The summed E-state index contributed by atoms with van der Waals surface area (Å²) in [6.45, 7) is 6.60. The van der Waals surface area contributed by atoms with Gasteiger partial charge in [-0.05, 0) is 56.7 Å². The van der Waals surface area contributed by atoms with Crippen LogP contribution in [0.1, 0.15) is 35.5 Å². The molecule has 1 aliphatic carbocycles. The second kappa shape index (κ2) is 9.19. The van der Waals surface area contributed by atoms with Crippen molar-refractivity contribution in [3.8, 4) is 23.1 Å². The summed E-state index contributed by atoms with van der Waals surface area (Å²) in [6, 6.07) is 8.91. The van der Waals surface area contributed by atoms with Crippen molar-refractivity contribution < 1.29 is 18.3 Å². The fourth-order valence-electron chi connectivity index (χ4n) is 5.05. The minimum Gasteiger partial charge on any atom is -0.474 e. The van der Waals surface area contributed by atoms with Crippen molar-refractivity contribution in [3.63, 3.8) is 0 Å². The summed E-state index contributed by atoms with van der Waals surface area (Å²) in [5, 5.41) is 4.40. The molecule has 1 aromatic carbocycles. The van der Waals surface area contributed by atoms with Crippen molar-refractivity contribution in [2.24, 2.45) is 17.6 Å². The smallest absolute Gasteiger partial charge is 0.257 e. The fourth-order valence-corrected chi connectivity index (χ4v) is 5.05. The first kappa shape index (κ1) is 25.1. The number of aryl methyl sites for hydroxylation is 1. The monoisotopic (exact) mass is 531 g/mol. The molecule has 2 N–H and O–H groups in total. The molecule has 6 rings (SSSR count). The van der Waals surface area contributed by atoms with Gasteiger partial charge < -0.3 is 15.4 Å². The van der Waals surface area contributed by atoms with Crippen molar-refractivity contribution in [1.82, 2.24) is 29.6 Å². The van der Waals surface area contributed by atoms with Gasteiger partial charge in [-0.1, -0.05) is 0 Å². The van der Waals surface area contributed by atoms with Crippen LogP contribution in [0.25, 0.3) is 17.2 Å². The molecular formula is C28H27F2N7O2. The average Bonchev–Trinajstić information content (AvgIpc) is 3.22. The predicted molar refractivity (Wildman–Crippen MR) is 138 cm³/mol. The molecule has 1 unspecified atom stereocenters. The van der Waals surface area contributed by atoms with Crippen LogP contribution >= 0.6 is 0 Å². The van der Waals surface area contributed by atoms with Gasteiger partial charge in [0.25, 0.3) is 5.91 Å². The lowest BCUT2D eigenvalue weighted by Gasteiger charge is -2.22. The van der Waals surface area contributed by atoms with Crippen LogP contribution in [0, 0.1) is 30.4 Å². The van der Waals surface area contributed by atoms with Crippen LogP contribution in [0.5, 0.6) is 5.88 Å². The summed E-state index contributed by atoms with van der Waals surface area (Å²) in [6.07, 6.45) is 4.80. The maximum atomic E-state index is 13.9. The number of ether oxygens (including phenoxy) is 1. The Bertz CT molecular complexity index is 1560. The van der Waals surface area contributed by atoms with Gasteiger partial charge in [0.2, 0.25) is 11.8 Å². The molecule has 3 aromatic heterocycles. The summed E-state index contributed by atoms with van der Waals surface area (Å²) in [5.74, 6) is -0.862. The number of hydrogen-bond acceptors (Lipinski definition) is 7. The molecule has 1 saturated carbocycles. The van der Waals surface area contributed by atoms with Crippen molar-refractivity contribution in [2.45, 2.75) is 32.4 Å². The van der Waals surface area contributed by atoms with E-state index in [-0.39, 0.29) is 23.8 Å². The van der Waals surface area contributed by atoms with Crippen molar-refractivity contribution in [1.29, 1.82) is 0 Å². The number of carbonyl (C=O) groups excluding carboxylic acids is 1. The van der Waals surface area contributed by atoms with Crippen molar-refractivity contribution >= 4 is 5.91 Å². The molecule has 3 atom stereocenters. The Morgan fingerprint density at radius 2 is 1.79 bits per heavy atom. The third-order valence-electron chi connectivity index (χ3n) is 7.31. The van der Waals surface area contributed by atoms with E-state index >= 15 is 0 Å². The van der Waals surface area contributed by atoms with Crippen LogP contribution in [0.3, 0.4) is 0 Å². The zero-order chi connectivity index (χ0) is 27.5. The van der Waals surface area contributed by atoms with Crippen LogP contribution in [-0.2, 0) is 5.54 Å². The summed E-state index contributed by atoms with van der Waals surface area (Å²) < 4.78 is 35.2. The average molecular weight is 532 g/mol. The maximum Gasteiger partial charge on any atom is 0.257 e. The van der Waals surface area contributed by atoms with E-state index in [1.807, 2.05) is 18.7 Å². The topological polar surface area (TPSA) is 112 Å². The van der Waals surface area contributed by atoms with Gasteiger partial charge in [0.15, 0.2) is 11.6 Å². The largest absolute Gasteiger partial charge is 0.474 e. The number of fused-ring (bicyclic) bond motifs is 1. The van der Waals surface area contributed by atoms with Crippen molar-refractivity contribution in [3.05, 3.63) is 83.4 Å². The van der Waals surface area contributed by atoms with E-state index in [2.05, 4.69) is 20.1 Å². The standard InChI is InChI=1S/C28H27F2N7O2/c1-15-18(14-37(35-15)27-32-7-4-8-33-27)26(38)36-12-19-20(13-36)25(19)39-24-11-17(28(2,3)31)10-23(34-24)16-5-6-21(29)22(30)9-16/h4-11,14,19-20,25H,12-13,31H2,1-3H3/t19-,20+,25?. The molecule has 39 heavy (non-hydrogen) atoms. The molecule has 11 heteroatoms. The third kappa shape index (κ3) is 4.74. The summed E-state index contributed by atoms with van der Waals surface area (Å²) in [4.78, 5) is 28.0. The number of pyridine rings is 1. The number of benzene rings is 1. The first-order chi connectivity index (χ1) is 18.6. The van der Waals surface area contributed by atoms with E-state index in [0.717, 1.165) is 17.7 Å². The lowest BCUT2D eigenvalue weighted by atomic mass is 9.95. The molecule has 2 aliphatic rings. The third-order valence-corrected chi connectivity index (χ3v) is 7.31. The number of nitrogens with zero attached hydrogens (tertiary/aromatic N) is 6. The molecule has 0 bridgehead atoms. The Morgan fingerprint density at radius 3 is 2.46 bits per heavy atom. The highest BCUT2D eigenvalue weighted by Gasteiger charge is 2.59. The Hall–Kier alpha value is -4.25. The van der Waals surface area contributed by atoms with Crippen molar-refractivity contribution in [2.75, 3.05) is 13.1 Å². The van der Waals surface area contributed by atoms with E-state index in [9.17, 15) is 13.6 Å².